The van der Waals surface area contributed by atoms with E-state index >= 15 is 0 Å². The minimum atomic E-state index is -3.79. The molecule has 0 heterocycles. The summed E-state index contributed by atoms with van der Waals surface area (Å²) in [6.07, 6.45) is 0. The monoisotopic (exact) mass is 355 g/mol. The number of hydrogen-bond acceptors (Lipinski definition) is 5. The lowest BCUT2D eigenvalue weighted by Gasteiger charge is -2.12. The third-order valence-corrected chi connectivity index (χ3v) is 4.62. The summed E-state index contributed by atoms with van der Waals surface area (Å²) in [4.78, 5) is -0.0221. The lowest BCUT2D eigenvalue weighted by atomic mass is 10.3. The van der Waals surface area contributed by atoms with Crippen LogP contribution in [-0.2, 0) is 10.0 Å². The van der Waals surface area contributed by atoms with Crippen molar-refractivity contribution in [2.75, 3.05) is 27.4 Å². The van der Waals surface area contributed by atoms with E-state index in [-0.39, 0.29) is 29.6 Å². The predicted molar refractivity (Wildman–Crippen MR) is 86.6 cm³/mol. The van der Waals surface area contributed by atoms with E-state index < -0.39 is 10.0 Å². The van der Waals surface area contributed by atoms with Gasteiger partial charge < -0.3 is 14.2 Å². The molecule has 0 aliphatic heterocycles. The van der Waals surface area contributed by atoms with Gasteiger partial charge in [-0.3, -0.25) is 0 Å². The Morgan fingerprint density at radius 3 is 2.29 bits per heavy atom. The zero-order valence-electron chi connectivity index (χ0n) is 13.3. The van der Waals surface area contributed by atoms with Gasteiger partial charge in [0.2, 0.25) is 10.0 Å². The van der Waals surface area contributed by atoms with Gasteiger partial charge in [-0.15, -0.1) is 0 Å². The molecule has 0 radical (unpaired) electrons. The molecule has 0 bridgehead atoms. The van der Waals surface area contributed by atoms with Gasteiger partial charge in [0.15, 0.2) is 0 Å². The smallest absolute Gasteiger partial charge is 0.244 e. The molecular weight excluding hydrogens is 337 g/mol. The average molecular weight is 355 g/mol. The molecule has 24 heavy (non-hydrogen) atoms. The second-order valence-corrected chi connectivity index (χ2v) is 6.45. The van der Waals surface area contributed by atoms with E-state index in [1.54, 1.807) is 6.07 Å². The fourth-order valence-corrected chi connectivity index (χ4v) is 3.14. The Kier molecular flexibility index (Phi) is 5.99. The van der Waals surface area contributed by atoms with Crippen LogP contribution >= 0.6 is 0 Å². The van der Waals surface area contributed by atoms with Crippen LogP contribution in [0.4, 0.5) is 4.39 Å². The van der Waals surface area contributed by atoms with Crippen LogP contribution in [0.1, 0.15) is 0 Å². The molecule has 1 N–H and O–H groups in total. The largest absolute Gasteiger partial charge is 0.497 e. The molecule has 0 aliphatic carbocycles. The van der Waals surface area contributed by atoms with Crippen LogP contribution in [0.5, 0.6) is 17.2 Å². The normalized spacial score (nSPS) is 11.1. The van der Waals surface area contributed by atoms with Gasteiger partial charge in [0.05, 0.1) is 14.2 Å². The van der Waals surface area contributed by atoms with Crippen molar-refractivity contribution in [2.45, 2.75) is 4.90 Å². The van der Waals surface area contributed by atoms with E-state index in [4.69, 9.17) is 14.2 Å². The van der Waals surface area contributed by atoms with Crippen LogP contribution in [0.3, 0.4) is 0 Å². The molecule has 0 saturated heterocycles. The number of rotatable bonds is 8. The van der Waals surface area contributed by atoms with Crippen LogP contribution in [0, 0.1) is 5.82 Å². The number of ether oxygens (including phenoxy) is 3. The van der Waals surface area contributed by atoms with Gasteiger partial charge in [-0.05, 0) is 36.4 Å². The summed E-state index contributed by atoms with van der Waals surface area (Å²) in [6.45, 7) is 0.136. The first-order valence-electron chi connectivity index (χ1n) is 7.06. The van der Waals surface area contributed by atoms with Crippen molar-refractivity contribution in [3.63, 3.8) is 0 Å². The molecule has 6 nitrogen and oxygen atoms in total. The van der Waals surface area contributed by atoms with Crippen LogP contribution in [0.2, 0.25) is 0 Å². The summed E-state index contributed by atoms with van der Waals surface area (Å²) in [5.74, 6) is 0.698. The second kappa shape index (κ2) is 7.98. The van der Waals surface area contributed by atoms with Crippen molar-refractivity contribution < 1.29 is 27.0 Å². The van der Waals surface area contributed by atoms with Crippen LogP contribution in [-0.4, -0.2) is 35.8 Å². The molecule has 0 atom stereocenters. The molecular formula is C16H18FNO5S. The number of halogens is 1. The number of hydrogen-bond donors (Lipinski definition) is 1. The molecule has 2 aromatic carbocycles. The van der Waals surface area contributed by atoms with Crippen LogP contribution < -0.4 is 18.9 Å². The van der Waals surface area contributed by atoms with Gasteiger partial charge in [-0.2, -0.15) is 0 Å². The maximum Gasteiger partial charge on any atom is 0.244 e. The Labute approximate surface area is 140 Å². The quantitative estimate of drug-likeness (QED) is 0.735. The molecule has 0 amide bonds. The molecule has 0 spiro atoms. The SMILES string of the molecule is COc1ccc(OC)c(S(=O)(=O)NCCOc2ccc(F)cc2)c1. The van der Waals surface area contributed by atoms with Crippen molar-refractivity contribution in [1.29, 1.82) is 0 Å². The third-order valence-electron chi connectivity index (χ3n) is 3.14. The Hall–Kier alpha value is -2.32. The summed E-state index contributed by atoms with van der Waals surface area (Å²) in [5.41, 5.74) is 0. The Balaban J connectivity index is 1.99. The highest BCUT2D eigenvalue weighted by Gasteiger charge is 2.20. The van der Waals surface area contributed by atoms with Gasteiger partial charge in [0, 0.05) is 12.6 Å². The zero-order chi connectivity index (χ0) is 17.6. The first-order chi connectivity index (χ1) is 11.5. The van der Waals surface area contributed by atoms with Crippen molar-refractivity contribution in [1.82, 2.24) is 4.72 Å². The predicted octanol–water partition coefficient (Wildman–Crippen LogP) is 2.20. The highest BCUT2D eigenvalue weighted by molar-refractivity contribution is 7.89. The maximum absolute atomic E-state index is 12.8. The van der Waals surface area contributed by atoms with E-state index in [1.807, 2.05) is 0 Å². The van der Waals surface area contributed by atoms with Gasteiger partial charge in [0.25, 0.3) is 0 Å². The third kappa shape index (κ3) is 4.59. The standard InChI is InChI=1S/C16H18FNO5S/c1-21-14-7-8-15(22-2)16(11-14)24(19,20)18-9-10-23-13-5-3-12(17)4-6-13/h3-8,11,18H,9-10H2,1-2H3. The highest BCUT2D eigenvalue weighted by atomic mass is 32.2. The van der Waals surface area contributed by atoms with Crippen LogP contribution in [0.15, 0.2) is 47.4 Å². The minimum absolute atomic E-state index is 0.0221. The summed E-state index contributed by atoms with van der Waals surface area (Å²) in [7, 11) is -0.958. The average Bonchev–Trinajstić information content (AvgIpc) is 2.59. The molecule has 0 aliphatic rings. The van der Waals surface area contributed by atoms with E-state index in [2.05, 4.69) is 4.72 Å². The molecule has 0 fully saturated rings. The fraction of sp³-hybridized carbons (Fsp3) is 0.250. The first-order valence-corrected chi connectivity index (χ1v) is 8.54. The van der Waals surface area contributed by atoms with Gasteiger partial charge >= 0.3 is 0 Å². The molecule has 2 aromatic rings. The first kappa shape index (κ1) is 18.0. The summed E-state index contributed by atoms with van der Waals surface area (Å²) < 4.78 is 55.4. The number of nitrogens with one attached hydrogen (secondary N) is 1. The second-order valence-electron chi connectivity index (χ2n) is 4.72. The highest BCUT2D eigenvalue weighted by Crippen LogP contribution is 2.27. The van der Waals surface area contributed by atoms with E-state index in [0.29, 0.717) is 11.5 Å². The van der Waals surface area contributed by atoms with Gasteiger partial charge in [-0.1, -0.05) is 0 Å². The summed E-state index contributed by atoms with van der Waals surface area (Å²) in [6, 6.07) is 9.96. The van der Waals surface area contributed by atoms with Crippen molar-refractivity contribution in [3.8, 4) is 17.2 Å². The molecule has 0 saturated carbocycles. The van der Waals surface area contributed by atoms with Gasteiger partial charge in [0.1, 0.15) is 34.6 Å². The number of sulfonamides is 1. The molecule has 2 rings (SSSR count). The topological polar surface area (TPSA) is 73.9 Å². The van der Waals surface area contributed by atoms with E-state index in [1.165, 1.54) is 50.6 Å². The Bertz CT molecular complexity index is 778. The van der Waals surface area contributed by atoms with Crippen LogP contribution in [0.25, 0.3) is 0 Å². The summed E-state index contributed by atoms with van der Waals surface area (Å²) >= 11 is 0. The molecule has 130 valence electrons. The lowest BCUT2D eigenvalue weighted by Crippen LogP contribution is -2.28. The van der Waals surface area contributed by atoms with Gasteiger partial charge in [-0.25, -0.2) is 17.5 Å². The number of methoxy groups -OCH3 is 2. The summed E-state index contributed by atoms with van der Waals surface area (Å²) in [5, 5.41) is 0. The molecule has 0 unspecified atom stereocenters. The van der Waals surface area contributed by atoms with Crippen molar-refractivity contribution >= 4 is 10.0 Å². The number of benzene rings is 2. The lowest BCUT2D eigenvalue weighted by molar-refractivity contribution is 0.322. The molecule has 8 heteroatoms. The maximum atomic E-state index is 12.8. The van der Waals surface area contributed by atoms with E-state index in [9.17, 15) is 12.8 Å². The molecule has 0 aromatic heterocycles. The minimum Gasteiger partial charge on any atom is -0.497 e. The van der Waals surface area contributed by atoms with E-state index in [0.717, 1.165) is 0 Å². The van der Waals surface area contributed by atoms with Crippen molar-refractivity contribution in [2.24, 2.45) is 0 Å². The van der Waals surface area contributed by atoms with Crippen molar-refractivity contribution in [3.05, 3.63) is 48.3 Å². The Morgan fingerprint density at radius 2 is 1.67 bits per heavy atom. The zero-order valence-corrected chi connectivity index (χ0v) is 14.1. The fourth-order valence-electron chi connectivity index (χ4n) is 1.95. The Morgan fingerprint density at radius 1 is 1.00 bits per heavy atom.